The maximum absolute atomic E-state index is 11.0. The predicted octanol–water partition coefficient (Wildman–Crippen LogP) is 1.51. The van der Waals surface area contributed by atoms with Gasteiger partial charge in [-0.3, -0.25) is 10.1 Å². The summed E-state index contributed by atoms with van der Waals surface area (Å²) in [5.41, 5.74) is 0.877. The van der Waals surface area contributed by atoms with E-state index in [9.17, 15) is 4.79 Å². The Balaban J connectivity index is 2.42. The molecule has 0 bridgehead atoms. The third kappa shape index (κ3) is 1.76. The van der Waals surface area contributed by atoms with E-state index < -0.39 is 12.0 Å². The first-order chi connectivity index (χ1) is 6.79. The Labute approximate surface area is 86.5 Å². The van der Waals surface area contributed by atoms with Gasteiger partial charge in [0.25, 0.3) is 0 Å². The van der Waals surface area contributed by atoms with Crippen molar-refractivity contribution in [1.82, 2.24) is 5.32 Å². The molecule has 0 fully saturated rings. The van der Waals surface area contributed by atoms with Gasteiger partial charge in [-0.15, -0.1) is 11.8 Å². The Morgan fingerprint density at radius 3 is 3.07 bits per heavy atom. The summed E-state index contributed by atoms with van der Waals surface area (Å²) in [7, 11) is 0. The lowest BCUT2D eigenvalue weighted by Gasteiger charge is -2.12. The molecule has 0 saturated heterocycles. The van der Waals surface area contributed by atoms with Crippen LogP contribution in [-0.2, 0) is 4.79 Å². The number of aliphatic carboxylic acids is 1. The molecule has 1 aliphatic heterocycles. The van der Waals surface area contributed by atoms with Crippen molar-refractivity contribution in [2.45, 2.75) is 10.9 Å². The molecule has 0 aliphatic carbocycles. The zero-order valence-corrected chi connectivity index (χ0v) is 8.38. The summed E-state index contributed by atoms with van der Waals surface area (Å²) < 4.78 is 0. The van der Waals surface area contributed by atoms with Crippen LogP contribution in [0.3, 0.4) is 0 Å². The van der Waals surface area contributed by atoms with Gasteiger partial charge in [0.2, 0.25) is 0 Å². The van der Waals surface area contributed by atoms with E-state index >= 15 is 0 Å². The predicted molar refractivity (Wildman–Crippen MR) is 55.5 cm³/mol. The van der Waals surface area contributed by atoms with Crippen molar-refractivity contribution < 1.29 is 9.90 Å². The van der Waals surface area contributed by atoms with Crippen molar-refractivity contribution in [1.29, 1.82) is 0 Å². The second kappa shape index (κ2) is 4.02. The fraction of sp³-hybridized carbons (Fsp3) is 0.300. The molecule has 1 aromatic rings. The first-order valence-electron chi connectivity index (χ1n) is 4.47. The highest BCUT2D eigenvalue weighted by atomic mass is 32.2. The van der Waals surface area contributed by atoms with Gasteiger partial charge in [0.15, 0.2) is 0 Å². The zero-order chi connectivity index (χ0) is 9.97. The van der Waals surface area contributed by atoms with E-state index in [-0.39, 0.29) is 0 Å². The van der Waals surface area contributed by atoms with Gasteiger partial charge < -0.3 is 5.11 Å². The number of nitrogens with one attached hydrogen (secondary N) is 1. The molecule has 0 radical (unpaired) electrons. The lowest BCUT2D eigenvalue weighted by molar-refractivity contribution is -0.139. The molecular formula is C10H11NO2S. The van der Waals surface area contributed by atoms with E-state index in [4.69, 9.17) is 5.11 Å². The van der Waals surface area contributed by atoms with Crippen molar-refractivity contribution >= 4 is 17.7 Å². The van der Waals surface area contributed by atoms with E-state index in [0.29, 0.717) is 0 Å². The number of thioether (sulfide) groups is 1. The quantitative estimate of drug-likeness (QED) is 0.736. The molecule has 1 unspecified atom stereocenters. The lowest BCUT2D eigenvalue weighted by atomic mass is 10.1. The second-order valence-electron chi connectivity index (χ2n) is 3.11. The number of carboxylic acids is 1. The molecule has 3 nitrogen and oxygen atoms in total. The van der Waals surface area contributed by atoms with E-state index in [0.717, 1.165) is 22.8 Å². The highest BCUT2D eigenvalue weighted by Gasteiger charge is 2.23. The summed E-state index contributed by atoms with van der Waals surface area (Å²) in [6.45, 7) is 0.732. The SMILES string of the molecule is O=C(O)C1NCCSc2ccccc21. The van der Waals surface area contributed by atoms with Gasteiger partial charge in [0.05, 0.1) is 0 Å². The van der Waals surface area contributed by atoms with Crippen LogP contribution in [0.2, 0.25) is 0 Å². The normalized spacial score (nSPS) is 21.0. The Hall–Kier alpha value is -1.00. The van der Waals surface area contributed by atoms with Crippen LogP contribution in [0.25, 0.3) is 0 Å². The minimum atomic E-state index is -0.806. The first kappa shape index (κ1) is 9.55. The molecule has 0 spiro atoms. The summed E-state index contributed by atoms with van der Waals surface area (Å²) in [6, 6.07) is 7.11. The molecular weight excluding hydrogens is 198 g/mol. The smallest absolute Gasteiger partial charge is 0.325 e. The molecule has 0 saturated carbocycles. The number of rotatable bonds is 1. The molecule has 2 rings (SSSR count). The molecule has 1 atom stereocenters. The van der Waals surface area contributed by atoms with Gasteiger partial charge in [0.1, 0.15) is 6.04 Å². The summed E-state index contributed by atoms with van der Waals surface area (Å²) >= 11 is 1.70. The van der Waals surface area contributed by atoms with Crippen molar-refractivity contribution in [2.24, 2.45) is 0 Å². The fourth-order valence-corrected chi connectivity index (χ4v) is 2.51. The Morgan fingerprint density at radius 2 is 2.29 bits per heavy atom. The van der Waals surface area contributed by atoms with Gasteiger partial charge in [-0.05, 0) is 11.6 Å². The summed E-state index contributed by atoms with van der Waals surface area (Å²) in [4.78, 5) is 12.1. The summed E-state index contributed by atoms with van der Waals surface area (Å²) in [6.07, 6.45) is 0. The topological polar surface area (TPSA) is 49.3 Å². The molecule has 0 amide bonds. The second-order valence-corrected chi connectivity index (χ2v) is 4.25. The molecule has 0 aromatic heterocycles. The van der Waals surface area contributed by atoms with E-state index in [2.05, 4.69) is 5.32 Å². The minimum absolute atomic E-state index is 0.554. The third-order valence-electron chi connectivity index (χ3n) is 2.19. The zero-order valence-electron chi connectivity index (χ0n) is 7.56. The minimum Gasteiger partial charge on any atom is -0.480 e. The molecule has 1 aromatic carbocycles. The Kier molecular flexibility index (Phi) is 2.74. The maximum Gasteiger partial charge on any atom is 0.325 e. The molecule has 1 aliphatic rings. The first-order valence-corrected chi connectivity index (χ1v) is 5.45. The van der Waals surface area contributed by atoms with Crippen LogP contribution in [0, 0.1) is 0 Å². The number of hydrogen-bond donors (Lipinski definition) is 2. The van der Waals surface area contributed by atoms with Gasteiger partial charge in [0, 0.05) is 17.2 Å². The van der Waals surface area contributed by atoms with Crippen LogP contribution in [0.1, 0.15) is 11.6 Å². The molecule has 14 heavy (non-hydrogen) atoms. The average Bonchev–Trinajstić information content (AvgIpc) is 2.39. The summed E-state index contributed by atoms with van der Waals surface area (Å²) in [5.74, 6) is 0.112. The lowest BCUT2D eigenvalue weighted by Crippen LogP contribution is -2.28. The molecule has 74 valence electrons. The van der Waals surface area contributed by atoms with Crippen LogP contribution in [0.5, 0.6) is 0 Å². The standard InChI is InChI=1S/C10H11NO2S/c12-10(13)9-7-3-1-2-4-8(7)14-6-5-11-9/h1-4,9,11H,5-6H2,(H,12,13). The number of fused-ring (bicyclic) bond motifs is 1. The van der Waals surface area contributed by atoms with Gasteiger partial charge in [-0.2, -0.15) is 0 Å². The highest BCUT2D eigenvalue weighted by molar-refractivity contribution is 7.99. The Bertz CT molecular complexity index is 354. The summed E-state index contributed by atoms with van der Waals surface area (Å²) in [5, 5.41) is 12.1. The highest BCUT2D eigenvalue weighted by Crippen LogP contribution is 2.29. The van der Waals surface area contributed by atoms with Crippen LogP contribution in [-0.4, -0.2) is 23.4 Å². The number of carboxylic acid groups (broad SMARTS) is 1. The van der Waals surface area contributed by atoms with Crippen molar-refractivity contribution in [2.75, 3.05) is 12.3 Å². The largest absolute Gasteiger partial charge is 0.480 e. The van der Waals surface area contributed by atoms with Crippen LogP contribution in [0.15, 0.2) is 29.2 Å². The van der Waals surface area contributed by atoms with Crippen molar-refractivity contribution in [3.8, 4) is 0 Å². The van der Waals surface area contributed by atoms with Gasteiger partial charge >= 0.3 is 5.97 Å². The molecule has 4 heteroatoms. The molecule has 2 N–H and O–H groups in total. The van der Waals surface area contributed by atoms with E-state index in [1.807, 2.05) is 24.3 Å². The van der Waals surface area contributed by atoms with Crippen molar-refractivity contribution in [3.05, 3.63) is 29.8 Å². The fourth-order valence-electron chi connectivity index (χ4n) is 1.55. The van der Waals surface area contributed by atoms with Gasteiger partial charge in [-0.25, -0.2) is 0 Å². The third-order valence-corrected chi connectivity index (χ3v) is 3.28. The van der Waals surface area contributed by atoms with Crippen molar-refractivity contribution in [3.63, 3.8) is 0 Å². The van der Waals surface area contributed by atoms with Crippen LogP contribution < -0.4 is 5.32 Å². The maximum atomic E-state index is 11.0. The van der Waals surface area contributed by atoms with Gasteiger partial charge in [-0.1, -0.05) is 18.2 Å². The van der Waals surface area contributed by atoms with E-state index in [1.54, 1.807) is 11.8 Å². The number of hydrogen-bond acceptors (Lipinski definition) is 3. The van der Waals surface area contributed by atoms with Crippen LogP contribution >= 0.6 is 11.8 Å². The Morgan fingerprint density at radius 1 is 1.50 bits per heavy atom. The monoisotopic (exact) mass is 209 g/mol. The molecule has 1 heterocycles. The number of benzene rings is 1. The number of carbonyl (C=O) groups is 1. The van der Waals surface area contributed by atoms with Crippen LogP contribution in [0.4, 0.5) is 0 Å². The van der Waals surface area contributed by atoms with E-state index in [1.165, 1.54) is 0 Å². The average molecular weight is 209 g/mol.